The normalized spacial score (nSPS) is 36.2. The van der Waals surface area contributed by atoms with E-state index < -0.39 is 0 Å². The van der Waals surface area contributed by atoms with Crippen LogP contribution >= 0.6 is 0 Å². The first-order chi connectivity index (χ1) is 16.1. The van der Waals surface area contributed by atoms with Crippen LogP contribution in [-0.4, -0.2) is 46.1 Å². The predicted octanol–water partition coefficient (Wildman–Crippen LogP) is 3.83. The molecule has 5 atom stereocenters. The van der Waals surface area contributed by atoms with E-state index in [1.165, 1.54) is 30.5 Å². The molecule has 2 saturated carbocycles. The standard InChI is InChI=1S/C28H31N3O2/c32-22-7-5-19-13-28-14-20-6-8-25(28)31(17-18-3-4-18)11-9-27(28,23(19)12-22)15-24(20)30-26(33)21-2-1-10-29-16-21/h1-2,5-8,10,12,16,18,20,24-25,32H,3-4,9,11,13-15,17H2,(H,30,33). The molecule has 4 aliphatic carbocycles. The molecule has 33 heavy (non-hydrogen) atoms. The smallest absolute Gasteiger partial charge is 0.253 e. The first-order valence-corrected chi connectivity index (χ1v) is 12.5. The Labute approximate surface area is 194 Å². The molecule has 2 bridgehead atoms. The lowest BCUT2D eigenvalue weighted by molar-refractivity contribution is -0.0818. The average Bonchev–Trinajstić information content (AvgIpc) is 3.61. The van der Waals surface area contributed by atoms with Gasteiger partial charge in [0.25, 0.3) is 5.91 Å². The van der Waals surface area contributed by atoms with Crippen LogP contribution in [0, 0.1) is 17.3 Å². The molecule has 1 saturated heterocycles. The zero-order valence-electron chi connectivity index (χ0n) is 18.9. The summed E-state index contributed by atoms with van der Waals surface area (Å²) in [6, 6.07) is 10.2. The summed E-state index contributed by atoms with van der Waals surface area (Å²) in [6.45, 7) is 2.32. The van der Waals surface area contributed by atoms with Gasteiger partial charge in [-0.1, -0.05) is 18.2 Å². The zero-order valence-corrected chi connectivity index (χ0v) is 18.9. The van der Waals surface area contributed by atoms with Gasteiger partial charge in [0.1, 0.15) is 5.75 Å². The van der Waals surface area contributed by atoms with Crippen LogP contribution in [0.15, 0.2) is 54.9 Å². The number of phenols is 1. The molecule has 5 aliphatic rings. The Morgan fingerprint density at radius 3 is 2.94 bits per heavy atom. The van der Waals surface area contributed by atoms with E-state index in [9.17, 15) is 9.90 Å². The Balaban J connectivity index is 1.30. The number of hydrogen-bond donors (Lipinski definition) is 2. The minimum absolute atomic E-state index is 0.0000640. The van der Waals surface area contributed by atoms with Crippen LogP contribution in [0.5, 0.6) is 5.75 Å². The van der Waals surface area contributed by atoms with Crippen molar-refractivity contribution >= 4 is 5.91 Å². The summed E-state index contributed by atoms with van der Waals surface area (Å²) >= 11 is 0. The van der Waals surface area contributed by atoms with Crippen LogP contribution in [0.2, 0.25) is 0 Å². The number of aromatic hydroxyl groups is 1. The summed E-state index contributed by atoms with van der Waals surface area (Å²) in [5.74, 6) is 1.55. The second kappa shape index (κ2) is 6.92. The van der Waals surface area contributed by atoms with Crippen molar-refractivity contribution in [2.24, 2.45) is 17.3 Å². The molecule has 7 rings (SSSR count). The zero-order chi connectivity index (χ0) is 22.2. The number of rotatable bonds is 4. The lowest BCUT2D eigenvalue weighted by Gasteiger charge is -2.64. The van der Waals surface area contributed by atoms with E-state index in [1.54, 1.807) is 12.4 Å². The number of piperidine rings is 1. The van der Waals surface area contributed by atoms with Gasteiger partial charge in [0.2, 0.25) is 0 Å². The fraction of sp³-hybridized carbons (Fsp3) is 0.500. The first kappa shape index (κ1) is 19.8. The van der Waals surface area contributed by atoms with Crippen molar-refractivity contribution in [1.29, 1.82) is 0 Å². The number of pyridine rings is 1. The molecular weight excluding hydrogens is 410 g/mol. The second-order valence-electron chi connectivity index (χ2n) is 11.2. The molecule has 2 heterocycles. The number of aromatic nitrogens is 1. The highest BCUT2D eigenvalue weighted by molar-refractivity contribution is 5.94. The molecular formula is C28H31N3O2. The third kappa shape index (κ3) is 2.81. The maximum absolute atomic E-state index is 13.1. The number of hydrogen-bond acceptors (Lipinski definition) is 4. The van der Waals surface area contributed by atoms with Crippen molar-refractivity contribution < 1.29 is 9.90 Å². The molecule has 2 N–H and O–H groups in total. The second-order valence-corrected chi connectivity index (χ2v) is 11.2. The number of amides is 1. The number of carbonyl (C=O) groups is 1. The maximum atomic E-state index is 13.1. The van der Waals surface area contributed by atoms with Gasteiger partial charge in [-0.3, -0.25) is 14.7 Å². The van der Waals surface area contributed by atoms with Crippen molar-refractivity contribution in [2.75, 3.05) is 13.1 Å². The van der Waals surface area contributed by atoms with E-state index in [0.29, 0.717) is 23.3 Å². The summed E-state index contributed by atoms with van der Waals surface area (Å²) < 4.78 is 0. The molecule has 2 aromatic rings. The number of carbonyl (C=O) groups excluding carboxylic acids is 1. The molecule has 5 nitrogen and oxygen atoms in total. The quantitative estimate of drug-likeness (QED) is 0.708. The summed E-state index contributed by atoms with van der Waals surface area (Å²) in [5.41, 5.74) is 3.52. The van der Waals surface area contributed by atoms with Gasteiger partial charge in [0, 0.05) is 41.9 Å². The molecule has 0 radical (unpaired) electrons. The highest BCUT2D eigenvalue weighted by Gasteiger charge is 2.68. The average molecular weight is 442 g/mol. The SMILES string of the molecule is O=C(NC1CC23CCN(CC4CC4)C4C=CC1CC42Cc1ccc(O)cc13)c1cccnc1. The van der Waals surface area contributed by atoms with E-state index in [1.807, 2.05) is 24.3 Å². The minimum Gasteiger partial charge on any atom is -0.508 e. The Morgan fingerprint density at radius 2 is 2.12 bits per heavy atom. The van der Waals surface area contributed by atoms with Crippen LogP contribution in [0.3, 0.4) is 0 Å². The lowest BCUT2D eigenvalue weighted by atomic mass is 9.45. The van der Waals surface area contributed by atoms with Crippen LogP contribution in [0.25, 0.3) is 0 Å². The third-order valence-electron chi connectivity index (χ3n) is 9.51. The van der Waals surface area contributed by atoms with Crippen LogP contribution in [-0.2, 0) is 11.8 Å². The first-order valence-electron chi connectivity index (χ1n) is 12.5. The largest absolute Gasteiger partial charge is 0.508 e. The van der Waals surface area contributed by atoms with Gasteiger partial charge in [-0.25, -0.2) is 0 Å². The van der Waals surface area contributed by atoms with Gasteiger partial charge in [0.05, 0.1) is 5.56 Å². The van der Waals surface area contributed by atoms with E-state index >= 15 is 0 Å². The van der Waals surface area contributed by atoms with Gasteiger partial charge in [-0.15, -0.1) is 0 Å². The van der Waals surface area contributed by atoms with Gasteiger partial charge < -0.3 is 10.4 Å². The topological polar surface area (TPSA) is 65.5 Å². The fourth-order valence-electron chi connectivity index (χ4n) is 7.93. The Morgan fingerprint density at radius 1 is 1.21 bits per heavy atom. The van der Waals surface area contributed by atoms with E-state index in [0.717, 1.165) is 38.1 Å². The fourth-order valence-corrected chi connectivity index (χ4v) is 7.93. The highest BCUT2D eigenvalue weighted by Crippen LogP contribution is 2.68. The van der Waals surface area contributed by atoms with Crippen molar-refractivity contribution in [2.45, 2.75) is 56.0 Å². The summed E-state index contributed by atoms with van der Waals surface area (Å²) in [4.78, 5) is 20.0. The molecule has 5 heteroatoms. The van der Waals surface area contributed by atoms with Gasteiger partial charge in [0.15, 0.2) is 0 Å². The molecule has 170 valence electrons. The van der Waals surface area contributed by atoms with E-state index in [-0.39, 0.29) is 22.8 Å². The maximum Gasteiger partial charge on any atom is 0.253 e. The van der Waals surface area contributed by atoms with E-state index in [2.05, 4.69) is 33.4 Å². The summed E-state index contributed by atoms with van der Waals surface area (Å²) in [5, 5.41) is 13.8. The number of nitrogens with zero attached hydrogens (tertiary/aromatic N) is 2. The summed E-state index contributed by atoms with van der Waals surface area (Å²) in [6.07, 6.45) is 15.2. The number of benzene rings is 1. The highest BCUT2D eigenvalue weighted by atomic mass is 16.3. The predicted molar refractivity (Wildman–Crippen MR) is 126 cm³/mol. The van der Waals surface area contributed by atoms with Crippen LogP contribution < -0.4 is 5.32 Å². The number of fused-ring (bicyclic) bond motifs is 2. The van der Waals surface area contributed by atoms with Gasteiger partial charge >= 0.3 is 0 Å². The molecule has 5 unspecified atom stereocenters. The Hall–Kier alpha value is -2.66. The van der Waals surface area contributed by atoms with Crippen LogP contribution in [0.4, 0.5) is 0 Å². The molecule has 1 aliphatic heterocycles. The van der Waals surface area contributed by atoms with Crippen LogP contribution in [0.1, 0.15) is 53.6 Å². The molecule has 1 amide bonds. The number of phenolic OH excluding ortho intramolecular Hbond substituents is 1. The number of nitrogens with one attached hydrogen (secondary N) is 1. The minimum atomic E-state index is -0.0344. The van der Waals surface area contributed by atoms with Gasteiger partial charge in [-0.05, 0) is 92.3 Å². The third-order valence-corrected chi connectivity index (χ3v) is 9.51. The van der Waals surface area contributed by atoms with Crippen molar-refractivity contribution in [3.05, 3.63) is 71.6 Å². The molecule has 1 aromatic carbocycles. The Bertz CT molecular complexity index is 1140. The molecule has 1 aromatic heterocycles. The van der Waals surface area contributed by atoms with E-state index in [4.69, 9.17) is 0 Å². The van der Waals surface area contributed by atoms with Crippen molar-refractivity contribution in [3.63, 3.8) is 0 Å². The lowest BCUT2D eigenvalue weighted by Crippen LogP contribution is -2.68. The Kier molecular flexibility index (Phi) is 4.15. The van der Waals surface area contributed by atoms with Gasteiger partial charge in [-0.2, -0.15) is 0 Å². The molecule has 1 spiro atoms. The molecule has 3 fully saturated rings. The summed E-state index contributed by atoms with van der Waals surface area (Å²) in [7, 11) is 0. The van der Waals surface area contributed by atoms with Crippen molar-refractivity contribution in [3.8, 4) is 5.75 Å². The van der Waals surface area contributed by atoms with Crippen molar-refractivity contribution in [1.82, 2.24) is 15.2 Å². The number of likely N-dealkylation sites (tertiary alicyclic amines) is 1. The monoisotopic (exact) mass is 441 g/mol.